The Morgan fingerprint density at radius 1 is 0.881 bits per heavy atom. The van der Waals surface area contributed by atoms with Gasteiger partial charge in [-0.1, -0.05) is 80.1 Å². The average Bonchev–Trinajstić information content (AvgIpc) is 3.00. The summed E-state index contributed by atoms with van der Waals surface area (Å²) in [6.07, 6.45) is 5.55. The number of benzene rings is 2. The van der Waals surface area contributed by atoms with Crippen LogP contribution in [-0.4, -0.2) is 61.3 Å². The summed E-state index contributed by atoms with van der Waals surface area (Å²) >= 11 is 0. The van der Waals surface area contributed by atoms with Gasteiger partial charge in [-0.3, -0.25) is 24.0 Å². The summed E-state index contributed by atoms with van der Waals surface area (Å²) < 4.78 is 10.5. The van der Waals surface area contributed by atoms with Crippen LogP contribution in [0.25, 0.3) is 0 Å². The lowest BCUT2D eigenvalue weighted by atomic mass is 9.84. The maximum absolute atomic E-state index is 13.6. The number of Topliss-reactive ketones (excluding diaryl/α,β-unsaturated/α-hetero) is 1. The van der Waals surface area contributed by atoms with Crippen molar-refractivity contribution in [3.8, 4) is 0 Å². The van der Waals surface area contributed by atoms with E-state index >= 15 is 0 Å². The lowest BCUT2D eigenvalue weighted by Crippen LogP contribution is -2.56. The molecule has 2 aromatic carbocycles. The van der Waals surface area contributed by atoms with Crippen LogP contribution in [0.5, 0.6) is 0 Å². The Morgan fingerprint density at radius 2 is 1.57 bits per heavy atom. The molecule has 1 aliphatic carbocycles. The van der Waals surface area contributed by atoms with Crippen molar-refractivity contribution in [3.05, 3.63) is 71.3 Å². The topological polar surface area (TPSA) is 140 Å². The molecule has 1 aliphatic rings. The van der Waals surface area contributed by atoms with Crippen LogP contribution in [0.1, 0.15) is 66.9 Å². The summed E-state index contributed by atoms with van der Waals surface area (Å²) in [5.41, 5.74) is 2.27. The number of aryl methyl sites for hydroxylation is 1. The third kappa shape index (κ3) is 10.7. The average molecular weight is 580 g/mol. The smallest absolute Gasteiger partial charge is 0.325 e. The molecule has 1 fully saturated rings. The number of carbonyl (C=O) groups is 5. The Labute approximate surface area is 246 Å². The van der Waals surface area contributed by atoms with Gasteiger partial charge in [0.05, 0.1) is 19.8 Å². The highest BCUT2D eigenvalue weighted by atomic mass is 16.5. The molecule has 3 rings (SSSR count). The summed E-state index contributed by atoms with van der Waals surface area (Å²) in [5, 5.41) is 7.73. The highest BCUT2D eigenvalue weighted by molar-refractivity contribution is 6.38. The highest BCUT2D eigenvalue weighted by Gasteiger charge is 2.32. The van der Waals surface area contributed by atoms with E-state index in [2.05, 4.69) is 16.0 Å². The summed E-state index contributed by atoms with van der Waals surface area (Å²) in [5.74, 6) is -3.46. The predicted octanol–water partition coefficient (Wildman–Crippen LogP) is 3.01. The number of ketones is 1. The Bertz CT molecular complexity index is 1190. The van der Waals surface area contributed by atoms with Gasteiger partial charge >= 0.3 is 5.97 Å². The zero-order valence-corrected chi connectivity index (χ0v) is 24.4. The summed E-state index contributed by atoms with van der Waals surface area (Å²) in [7, 11) is 0. The predicted molar refractivity (Wildman–Crippen MR) is 156 cm³/mol. The third-order valence-electron chi connectivity index (χ3n) is 7.18. The summed E-state index contributed by atoms with van der Waals surface area (Å²) in [4.78, 5) is 64.2. The minimum Gasteiger partial charge on any atom is -0.465 e. The molecule has 0 bridgehead atoms. The number of nitrogens with one attached hydrogen (secondary N) is 3. The summed E-state index contributed by atoms with van der Waals surface area (Å²) in [6.45, 7) is 3.06. The van der Waals surface area contributed by atoms with Crippen molar-refractivity contribution in [1.82, 2.24) is 16.0 Å². The molecule has 0 aliphatic heterocycles. The Morgan fingerprint density at radius 3 is 2.24 bits per heavy atom. The number of hydrogen-bond donors (Lipinski definition) is 3. The van der Waals surface area contributed by atoms with Gasteiger partial charge in [-0.15, -0.1) is 0 Å². The fraction of sp³-hybridized carbons (Fsp3) is 0.469. The van der Waals surface area contributed by atoms with Crippen LogP contribution < -0.4 is 16.0 Å². The maximum Gasteiger partial charge on any atom is 0.325 e. The molecule has 0 heterocycles. The zero-order valence-electron chi connectivity index (χ0n) is 24.4. The Kier molecular flexibility index (Phi) is 13.2. The number of carbonyl (C=O) groups excluding carboxylic acids is 5. The molecule has 0 radical (unpaired) electrons. The first-order valence-corrected chi connectivity index (χ1v) is 14.5. The SMILES string of the molecule is CCOC(=O)CNC(=O)C(=O)[C@H](COCc1ccccc1)NC(=O)[C@H](CC1CCCCC1)NC(=O)c1ccc(C)cc1. The molecule has 2 aromatic rings. The van der Waals surface area contributed by atoms with Crippen LogP contribution in [0.15, 0.2) is 54.6 Å². The van der Waals surface area contributed by atoms with Crippen LogP contribution in [0.3, 0.4) is 0 Å². The first kappa shape index (κ1) is 32.5. The molecule has 10 nitrogen and oxygen atoms in total. The molecule has 0 unspecified atom stereocenters. The molecule has 10 heteroatoms. The Balaban J connectivity index is 1.74. The first-order chi connectivity index (χ1) is 20.3. The van der Waals surface area contributed by atoms with E-state index in [0.717, 1.165) is 43.2 Å². The largest absolute Gasteiger partial charge is 0.465 e. The minimum absolute atomic E-state index is 0.130. The normalized spacial score (nSPS) is 14.7. The van der Waals surface area contributed by atoms with E-state index in [1.165, 1.54) is 0 Å². The molecular weight excluding hydrogens is 538 g/mol. The van der Waals surface area contributed by atoms with Crippen molar-refractivity contribution < 1.29 is 33.4 Å². The zero-order chi connectivity index (χ0) is 30.3. The monoisotopic (exact) mass is 579 g/mol. The van der Waals surface area contributed by atoms with Crippen molar-refractivity contribution in [2.45, 2.75) is 71.1 Å². The number of ether oxygens (including phenoxy) is 2. The van der Waals surface area contributed by atoms with Crippen molar-refractivity contribution >= 4 is 29.5 Å². The van der Waals surface area contributed by atoms with Crippen molar-refractivity contribution in [1.29, 1.82) is 0 Å². The van der Waals surface area contributed by atoms with Gasteiger partial charge in [0.15, 0.2) is 0 Å². The third-order valence-corrected chi connectivity index (χ3v) is 7.18. The van der Waals surface area contributed by atoms with Crippen LogP contribution in [0, 0.1) is 12.8 Å². The van der Waals surface area contributed by atoms with E-state index in [-0.39, 0.29) is 25.7 Å². The molecule has 2 atom stereocenters. The quantitative estimate of drug-likeness (QED) is 0.218. The maximum atomic E-state index is 13.6. The minimum atomic E-state index is -1.34. The lowest BCUT2D eigenvalue weighted by Gasteiger charge is -2.28. The van der Waals surface area contributed by atoms with Gasteiger partial charge in [0.25, 0.3) is 11.8 Å². The van der Waals surface area contributed by atoms with Gasteiger partial charge in [0.1, 0.15) is 18.6 Å². The van der Waals surface area contributed by atoms with Crippen LogP contribution in [-0.2, 0) is 35.3 Å². The molecule has 226 valence electrons. The van der Waals surface area contributed by atoms with Crippen molar-refractivity contribution in [2.75, 3.05) is 19.8 Å². The molecule has 0 aromatic heterocycles. The van der Waals surface area contributed by atoms with Gasteiger partial charge in [0.2, 0.25) is 11.7 Å². The molecular formula is C32H41N3O7. The van der Waals surface area contributed by atoms with Crippen molar-refractivity contribution in [2.24, 2.45) is 5.92 Å². The number of amides is 3. The molecule has 42 heavy (non-hydrogen) atoms. The van der Waals surface area contributed by atoms with Crippen LogP contribution in [0.2, 0.25) is 0 Å². The fourth-order valence-electron chi connectivity index (χ4n) is 4.87. The van der Waals surface area contributed by atoms with E-state index in [1.54, 1.807) is 19.1 Å². The van der Waals surface area contributed by atoms with Gasteiger partial charge in [-0.2, -0.15) is 0 Å². The number of esters is 1. The van der Waals surface area contributed by atoms with Crippen LogP contribution >= 0.6 is 0 Å². The second-order valence-electron chi connectivity index (χ2n) is 10.5. The second-order valence-corrected chi connectivity index (χ2v) is 10.5. The summed E-state index contributed by atoms with van der Waals surface area (Å²) in [6, 6.07) is 14.0. The molecule has 0 spiro atoms. The second kappa shape index (κ2) is 17.0. The standard InChI is InChI=1S/C32H41N3O7/c1-3-42-28(36)19-33-32(40)29(37)27(21-41-20-24-12-8-5-9-13-24)35-31(39)26(18-23-10-6-4-7-11-23)34-30(38)25-16-14-22(2)15-17-25/h5,8-9,12-17,23,26-27H,3-4,6-7,10-11,18-21H2,1-2H3,(H,33,40)(H,34,38)(H,35,39)/t26-,27-/m0/s1. The van der Waals surface area contributed by atoms with E-state index in [0.29, 0.717) is 12.0 Å². The highest BCUT2D eigenvalue weighted by Crippen LogP contribution is 2.27. The van der Waals surface area contributed by atoms with Crippen molar-refractivity contribution in [3.63, 3.8) is 0 Å². The fourth-order valence-corrected chi connectivity index (χ4v) is 4.87. The van der Waals surface area contributed by atoms with E-state index in [1.807, 2.05) is 49.4 Å². The van der Waals surface area contributed by atoms with Gasteiger partial charge < -0.3 is 25.4 Å². The Hall–Kier alpha value is -4.05. The van der Waals surface area contributed by atoms with E-state index < -0.39 is 48.1 Å². The van der Waals surface area contributed by atoms with E-state index in [4.69, 9.17) is 9.47 Å². The number of hydrogen-bond acceptors (Lipinski definition) is 7. The lowest BCUT2D eigenvalue weighted by molar-refractivity contribution is -0.146. The van der Waals surface area contributed by atoms with Gasteiger partial charge in [-0.25, -0.2) is 0 Å². The van der Waals surface area contributed by atoms with Crippen LogP contribution in [0.4, 0.5) is 0 Å². The van der Waals surface area contributed by atoms with Gasteiger partial charge in [0, 0.05) is 5.56 Å². The first-order valence-electron chi connectivity index (χ1n) is 14.5. The van der Waals surface area contributed by atoms with E-state index in [9.17, 15) is 24.0 Å². The molecule has 3 N–H and O–H groups in total. The van der Waals surface area contributed by atoms with Gasteiger partial charge in [-0.05, 0) is 43.9 Å². The number of rotatable bonds is 15. The molecule has 0 saturated heterocycles. The molecule has 3 amide bonds. The molecule has 1 saturated carbocycles.